The molecule has 2 aromatic rings. The van der Waals surface area contributed by atoms with Crippen molar-refractivity contribution in [1.82, 2.24) is 15.0 Å². The first-order valence-corrected chi connectivity index (χ1v) is 5.79. The van der Waals surface area contributed by atoms with Gasteiger partial charge in [0.05, 0.1) is 11.9 Å². The number of hydrogen-bond acceptors (Lipinski definition) is 7. The van der Waals surface area contributed by atoms with Crippen molar-refractivity contribution in [3.63, 3.8) is 0 Å². The van der Waals surface area contributed by atoms with E-state index in [-0.39, 0.29) is 28.8 Å². The van der Waals surface area contributed by atoms with Gasteiger partial charge in [-0.15, -0.1) is 0 Å². The van der Waals surface area contributed by atoms with E-state index in [0.717, 1.165) is 6.20 Å². The van der Waals surface area contributed by atoms with Crippen molar-refractivity contribution < 1.29 is 14.7 Å². The molecule has 2 heterocycles. The zero-order valence-electron chi connectivity index (χ0n) is 11.0. The van der Waals surface area contributed by atoms with Gasteiger partial charge >= 0.3 is 12.0 Å². The van der Waals surface area contributed by atoms with Crippen LogP contribution in [0.15, 0.2) is 23.1 Å². The fraction of sp³-hybridized carbons (Fsp3) is 0. The SMILES string of the molecule is Nc1nc(N)c(NC(=O)Nc2ccc(C(=O)O)nc2)c(=O)[nH]1. The summed E-state index contributed by atoms with van der Waals surface area (Å²) in [6.45, 7) is 0. The number of carbonyl (C=O) groups is 2. The van der Waals surface area contributed by atoms with Crippen LogP contribution in [0.2, 0.25) is 0 Å². The minimum atomic E-state index is -1.19. The number of aromatic nitrogens is 3. The Morgan fingerprint density at radius 2 is 1.95 bits per heavy atom. The predicted molar refractivity (Wildman–Crippen MR) is 77.5 cm³/mol. The second kappa shape index (κ2) is 5.78. The van der Waals surface area contributed by atoms with Crippen molar-refractivity contribution in [2.45, 2.75) is 0 Å². The summed E-state index contributed by atoms with van der Waals surface area (Å²) in [5.74, 6) is -1.61. The van der Waals surface area contributed by atoms with E-state index >= 15 is 0 Å². The number of carbonyl (C=O) groups excluding carboxylic acids is 1. The van der Waals surface area contributed by atoms with Crippen LogP contribution in [-0.4, -0.2) is 32.1 Å². The number of rotatable bonds is 3. The summed E-state index contributed by atoms with van der Waals surface area (Å²) in [5, 5.41) is 13.3. The number of carboxylic acid groups (broad SMARTS) is 1. The van der Waals surface area contributed by atoms with Crippen LogP contribution in [0.3, 0.4) is 0 Å². The molecule has 114 valence electrons. The van der Waals surface area contributed by atoms with E-state index in [9.17, 15) is 14.4 Å². The summed E-state index contributed by atoms with van der Waals surface area (Å²) in [7, 11) is 0. The van der Waals surface area contributed by atoms with Crippen LogP contribution in [-0.2, 0) is 0 Å². The van der Waals surface area contributed by atoms with Crippen LogP contribution in [0.25, 0.3) is 0 Å². The average molecular weight is 305 g/mol. The number of nitrogens with zero attached hydrogens (tertiary/aromatic N) is 2. The minimum Gasteiger partial charge on any atom is -0.477 e. The molecule has 0 bridgehead atoms. The van der Waals surface area contributed by atoms with Crippen molar-refractivity contribution in [3.8, 4) is 0 Å². The number of H-pyrrole nitrogens is 1. The molecule has 0 radical (unpaired) electrons. The Bertz CT molecular complexity index is 784. The molecular weight excluding hydrogens is 294 g/mol. The highest BCUT2D eigenvalue weighted by Gasteiger charge is 2.12. The first-order valence-electron chi connectivity index (χ1n) is 5.79. The van der Waals surface area contributed by atoms with E-state index in [4.69, 9.17) is 16.6 Å². The van der Waals surface area contributed by atoms with Gasteiger partial charge in [0.1, 0.15) is 5.69 Å². The van der Waals surface area contributed by atoms with E-state index in [1.807, 2.05) is 0 Å². The Morgan fingerprint density at radius 3 is 2.50 bits per heavy atom. The summed E-state index contributed by atoms with van der Waals surface area (Å²) in [6.07, 6.45) is 1.15. The summed E-state index contributed by atoms with van der Waals surface area (Å²) in [5.41, 5.74) is 9.86. The van der Waals surface area contributed by atoms with E-state index in [0.29, 0.717) is 0 Å². The molecule has 22 heavy (non-hydrogen) atoms. The van der Waals surface area contributed by atoms with Crippen molar-refractivity contribution in [1.29, 1.82) is 0 Å². The maximum Gasteiger partial charge on any atom is 0.354 e. The van der Waals surface area contributed by atoms with Gasteiger partial charge in [-0.2, -0.15) is 4.98 Å². The van der Waals surface area contributed by atoms with Crippen LogP contribution < -0.4 is 27.7 Å². The van der Waals surface area contributed by atoms with Gasteiger partial charge in [0, 0.05) is 0 Å². The molecule has 0 unspecified atom stereocenters. The first kappa shape index (κ1) is 14.8. The number of anilines is 4. The van der Waals surface area contributed by atoms with Crippen molar-refractivity contribution in [2.24, 2.45) is 0 Å². The van der Waals surface area contributed by atoms with Crippen molar-refractivity contribution >= 4 is 35.1 Å². The van der Waals surface area contributed by atoms with Crippen molar-refractivity contribution in [3.05, 3.63) is 34.4 Å². The zero-order valence-corrected chi connectivity index (χ0v) is 11.0. The average Bonchev–Trinajstić information content (AvgIpc) is 2.43. The number of nitrogens with two attached hydrogens (primary N) is 2. The van der Waals surface area contributed by atoms with Gasteiger partial charge in [0.25, 0.3) is 5.56 Å². The minimum absolute atomic E-state index is 0.172. The summed E-state index contributed by atoms with van der Waals surface area (Å²) in [4.78, 5) is 43.4. The fourth-order valence-electron chi connectivity index (χ4n) is 1.50. The number of amides is 2. The topological polar surface area (TPSA) is 189 Å². The second-order valence-corrected chi connectivity index (χ2v) is 4.03. The number of pyridine rings is 1. The number of aromatic carboxylic acids is 1. The molecule has 2 aromatic heterocycles. The molecule has 2 amide bonds. The lowest BCUT2D eigenvalue weighted by molar-refractivity contribution is 0.0690. The maximum absolute atomic E-state index is 11.8. The fourth-order valence-corrected chi connectivity index (χ4v) is 1.50. The molecule has 2 rings (SSSR count). The number of nitrogen functional groups attached to an aromatic ring is 2. The van der Waals surface area contributed by atoms with Crippen LogP contribution in [0.5, 0.6) is 0 Å². The number of urea groups is 1. The quantitative estimate of drug-likeness (QED) is 0.444. The molecular formula is C11H11N7O4. The largest absolute Gasteiger partial charge is 0.477 e. The van der Waals surface area contributed by atoms with Gasteiger partial charge < -0.3 is 21.9 Å². The predicted octanol–water partition coefficient (Wildman–Crippen LogP) is -0.329. The molecule has 0 aliphatic carbocycles. The highest BCUT2D eigenvalue weighted by atomic mass is 16.4. The van der Waals surface area contributed by atoms with Gasteiger partial charge in [-0.05, 0) is 12.1 Å². The van der Waals surface area contributed by atoms with E-state index in [2.05, 4.69) is 25.6 Å². The zero-order chi connectivity index (χ0) is 16.3. The lowest BCUT2D eigenvalue weighted by Gasteiger charge is -2.08. The smallest absolute Gasteiger partial charge is 0.354 e. The maximum atomic E-state index is 11.8. The van der Waals surface area contributed by atoms with Gasteiger partial charge in [0.15, 0.2) is 11.5 Å². The highest BCUT2D eigenvalue weighted by molar-refractivity contribution is 6.01. The Hall–Kier alpha value is -3.63. The summed E-state index contributed by atoms with van der Waals surface area (Å²) in [6, 6.07) is 1.77. The van der Waals surface area contributed by atoms with E-state index < -0.39 is 17.6 Å². The second-order valence-electron chi connectivity index (χ2n) is 4.03. The Balaban J connectivity index is 2.10. The van der Waals surface area contributed by atoms with Crippen LogP contribution in [0, 0.1) is 0 Å². The third-order valence-electron chi connectivity index (χ3n) is 2.44. The Morgan fingerprint density at radius 1 is 1.23 bits per heavy atom. The highest BCUT2D eigenvalue weighted by Crippen LogP contribution is 2.11. The Kier molecular flexibility index (Phi) is 3.88. The van der Waals surface area contributed by atoms with Gasteiger partial charge in [-0.25, -0.2) is 14.6 Å². The number of carboxylic acids is 1. The first-order chi connectivity index (χ1) is 10.4. The summed E-state index contributed by atoms with van der Waals surface area (Å²) >= 11 is 0. The molecule has 0 saturated carbocycles. The van der Waals surface area contributed by atoms with Gasteiger partial charge in [-0.1, -0.05) is 0 Å². The number of hydrogen-bond donors (Lipinski definition) is 6. The molecule has 0 aromatic carbocycles. The van der Waals surface area contributed by atoms with E-state index in [1.54, 1.807) is 0 Å². The lowest BCUT2D eigenvalue weighted by atomic mass is 10.3. The van der Waals surface area contributed by atoms with Crippen LogP contribution in [0.1, 0.15) is 10.5 Å². The molecule has 0 atom stereocenters. The Labute approximate surface area is 122 Å². The molecule has 0 fully saturated rings. The molecule has 0 aliphatic rings. The van der Waals surface area contributed by atoms with E-state index in [1.165, 1.54) is 12.1 Å². The normalized spacial score (nSPS) is 10.0. The number of nitrogens with one attached hydrogen (secondary N) is 3. The van der Waals surface area contributed by atoms with Crippen molar-refractivity contribution in [2.75, 3.05) is 22.1 Å². The third kappa shape index (κ3) is 3.27. The molecule has 0 aliphatic heterocycles. The molecule has 8 N–H and O–H groups in total. The lowest BCUT2D eigenvalue weighted by Crippen LogP contribution is -2.26. The van der Waals surface area contributed by atoms with Crippen LogP contribution in [0.4, 0.5) is 27.9 Å². The monoisotopic (exact) mass is 305 g/mol. The van der Waals surface area contributed by atoms with Gasteiger partial charge in [-0.3, -0.25) is 15.1 Å². The standard InChI is InChI=1S/C11H11N7O4/c12-7-6(8(19)18-10(13)17-7)16-11(22)15-4-1-2-5(9(20)21)14-3-4/h1-3H,(H,20,21)(H2,15,16,22)(H5,12,13,17,18,19). The third-order valence-corrected chi connectivity index (χ3v) is 2.44. The molecule has 11 nitrogen and oxygen atoms in total. The van der Waals surface area contributed by atoms with Crippen LogP contribution >= 0.6 is 0 Å². The van der Waals surface area contributed by atoms with Gasteiger partial charge in [0.2, 0.25) is 5.95 Å². The molecule has 11 heteroatoms. The molecule has 0 spiro atoms. The molecule has 0 saturated heterocycles. The summed E-state index contributed by atoms with van der Waals surface area (Å²) < 4.78 is 0. The number of aromatic amines is 1.